The van der Waals surface area contributed by atoms with Crippen molar-refractivity contribution in [3.8, 4) is 0 Å². The lowest BCUT2D eigenvalue weighted by Gasteiger charge is -2.16. The minimum Gasteiger partial charge on any atom is -0.398 e. The maximum absolute atomic E-state index is 5.91. The number of aryl methyl sites for hydroxylation is 1. The molecule has 1 heterocycles. The van der Waals surface area contributed by atoms with Gasteiger partial charge in [-0.15, -0.1) is 11.3 Å². The summed E-state index contributed by atoms with van der Waals surface area (Å²) in [5, 5.41) is 0.611. The number of nitrogens with two attached hydrogens (primary N) is 1. The van der Waals surface area contributed by atoms with Crippen LogP contribution in [0.2, 0.25) is 5.02 Å². The van der Waals surface area contributed by atoms with E-state index in [1.807, 2.05) is 30.6 Å². The Morgan fingerprint density at radius 2 is 2.17 bits per heavy atom. The standard InChI is InChI=1S/C13H16ClN3S/c1-9-13(18-8-16-9)7-17(2)6-10-3-4-11(14)12(15)5-10/h3-5,8H,6-7,15H2,1-2H3. The molecule has 0 aliphatic carbocycles. The SMILES string of the molecule is Cc1ncsc1CN(C)Cc1ccc(Cl)c(N)c1. The number of nitrogen functional groups attached to an aromatic ring is 1. The minimum atomic E-state index is 0.611. The lowest BCUT2D eigenvalue weighted by atomic mass is 10.2. The summed E-state index contributed by atoms with van der Waals surface area (Å²) in [5.74, 6) is 0. The van der Waals surface area contributed by atoms with Crippen molar-refractivity contribution in [1.29, 1.82) is 0 Å². The first-order valence-corrected chi connectivity index (χ1v) is 6.93. The zero-order valence-corrected chi connectivity index (χ0v) is 12.1. The fraction of sp³-hybridized carbons (Fsp3) is 0.308. The van der Waals surface area contributed by atoms with E-state index < -0.39 is 0 Å². The van der Waals surface area contributed by atoms with Gasteiger partial charge in [-0.1, -0.05) is 17.7 Å². The second-order valence-corrected chi connectivity index (χ2v) is 5.74. The predicted molar refractivity (Wildman–Crippen MR) is 77.9 cm³/mol. The predicted octanol–water partition coefficient (Wildman–Crippen LogP) is 3.32. The van der Waals surface area contributed by atoms with Gasteiger partial charge in [0.2, 0.25) is 0 Å². The monoisotopic (exact) mass is 281 g/mol. The molecule has 0 fully saturated rings. The van der Waals surface area contributed by atoms with Crippen LogP contribution < -0.4 is 5.73 Å². The second-order valence-electron chi connectivity index (χ2n) is 4.39. The van der Waals surface area contributed by atoms with Crippen molar-refractivity contribution < 1.29 is 0 Å². The average molecular weight is 282 g/mol. The van der Waals surface area contributed by atoms with Crippen LogP contribution in [0.15, 0.2) is 23.7 Å². The summed E-state index contributed by atoms with van der Waals surface area (Å²) in [6.45, 7) is 3.79. The van der Waals surface area contributed by atoms with Crippen molar-refractivity contribution in [1.82, 2.24) is 9.88 Å². The van der Waals surface area contributed by atoms with Gasteiger partial charge >= 0.3 is 0 Å². The van der Waals surface area contributed by atoms with Gasteiger partial charge in [0.15, 0.2) is 0 Å². The lowest BCUT2D eigenvalue weighted by molar-refractivity contribution is 0.321. The van der Waals surface area contributed by atoms with E-state index in [9.17, 15) is 0 Å². The molecule has 96 valence electrons. The molecule has 0 saturated carbocycles. The molecule has 0 radical (unpaired) electrons. The van der Waals surface area contributed by atoms with Crippen molar-refractivity contribution in [2.75, 3.05) is 12.8 Å². The molecule has 18 heavy (non-hydrogen) atoms. The third kappa shape index (κ3) is 3.22. The van der Waals surface area contributed by atoms with Crippen LogP contribution in [0.25, 0.3) is 0 Å². The molecule has 0 spiro atoms. The van der Waals surface area contributed by atoms with E-state index in [1.165, 1.54) is 10.4 Å². The molecule has 2 rings (SSSR count). The molecule has 0 aliphatic heterocycles. The number of nitrogens with zero attached hydrogens (tertiary/aromatic N) is 2. The Morgan fingerprint density at radius 1 is 1.39 bits per heavy atom. The number of aromatic nitrogens is 1. The molecular formula is C13H16ClN3S. The van der Waals surface area contributed by atoms with Crippen LogP contribution >= 0.6 is 22.9 Å². The number of hydrogen-bond acceptors (Lipinski definition) is 4. The first kappa shape index (κ1) is 13.3. The molecular weight excluding hydrogens is 266 g/mol. The van der Waals surface area contributed by atoms with E-state index in [2.05, 4.69) is 16.9 Å². The molecule has 2 aromatic rings. The fourth-order valence-electron chi connectivity index (χ4n) is 1.78. The van der Waals surface area contributed by atoms with Crippen molar-refractivity contribution in [3.63, 3.8) is 0 Å². The molecule has 3 nitrogen and oxygen atoms in total. The van der Waals surface area contributed by atoms with Gasteiger partial charge in [-0.25, -0.2) is 4.98 Å². The van der Waals surface area contributed by atoms with Crippen molar-refractivity contribution >= 4 is 28.6 Å². The highest BCUT2D eigenvalue weighted by molar-refractivity contribution is 7.09. The van der Waals surface area contributed by atoms with Crippen LogP contribution in [-0.4, -0.2) is 16.9 Å². The topological polar surface area (TPSA) is 42.2 Å². The van der Waals surface area contributed by atoms with Gasteiger partial charge in [0.1, 0.15) is 0 Å². The number of hydrogen-bond donors (Lipinski definition) is 1. The molecule has 0 bridgehead atoms. The van der Waals surface area contributed by atoms with Crippen LogP contribution in [0.3, 0.4) is 0 Å². The molecule has 0 unspecified atom stereocenters. The molecule has 0 saturated heterocycles. The molecule has 1 aromatic carbocycles. The zero-order chi connectivity index (χ0) is 13.1. The van der Waals surface area contributed by atoms with Crippen LogP contribution in [0.5, 0.6) is 0 Å². The van der Waals surface area contributed by atoms with E-state index in [0.29, 0.717) is 10.7 Å². The molecule has 1 aromatic heterocycles. The molecule has 0 aliphatic rings. The summed E-state index contributed by atoms with van der Waals surface area (Å²) in [6.07, 6.45) is 0. The number of anilines is 1. The molecule has 0 atom stereocenters. The minimum absolute atomic E-state index is 0.611. The van der Waals surface area contributed by atoms with E-state index in [4.69, 9.17) is 17.3 Å². The van der Waals surface area contributed by atoms with Gasteiger partial charge in [-0.05, 0) is 31.7 Å². The van der Waals surface area contributed by atoms with E-state index in [-0.39, 0.29) is 0 Å². The maximum Gasteiger partial charge on any atom is 0.0798 e. The number of halogens is 1. The normalized spacial score (nSPS) is 11.1. The summed E-state index contributed by atoms with van der Waals surface area (Å²) in [7, 11) is 2.09. The Balaban J connectivity index is 2.01. The maximum atomic E-state index is 5.91. The van der Waals surface area contributed by atoms with Crippen LogP contribution in [0, 0.1) is 6.92 Å². The molecule has 2 N–H and O–H groups in total. The van der Waals surface area contributed by atoms with E-state index >= 15 is 0 Å². The van der Waals surface area contributed by atoms with Gasteiger partial charge < -0.3 is 5.73 Å². The van der Waals surface area contributed by atoms with Crippen LogP contribution in [-0.2, 0) is 13.1 Å². The Kier molecular flexibility index (Phi) is 4.22. The van der Waals surface area contributed by atoms with Gasteiger partial charge in [0.05, 0.1) is 21.9 Å². The summed E-state index contributed by atoms with van der Waals surface area (Å²) >= 11 is 7.60. The molecule has 5 heteroatoms. The van der Waals surface area contributed by atoms with E-state index in [1.54, 1.807) is 11.3 Å². The fourth-order valence-corrected chi connectivity index (χ4v) is 2.76. The lowest BCUT2D eigenvalue weighted by Crippen LogP contribution is -2.17. The summed E-state index contributed by atoms with van der Waals surface area (Å²) in [6, 6.07) is 5.78. The zero-order valence-electron chi connectivity index (χ0n) is 10.5. The van der Waals surface area contributed by atoms with E-state index in [0.717, 1.165) is 18.8 Å². The number of benzene rings is 1. The first-order chi connectivity index (χ1) is 8.56. The first-order valence-electron chi connectivity index (χ1n) is 5.67. The Labute approximate surface area is 116 Å². The highest BCUT2D eigenvalue weighted by atomic mass is 35.5. The average Bonchev–Trinajstić information content (AvgIpc) is 2.70. The highest BCUT2D eigenvalue weighted by Gasteiger charge is 2.07. The Hall–Kier alpha value is -1.10. The third-order valence-corrected chi connectivity index (χ3v) is 4.04. The van der Waals surface area contributed by atoms with Crippen molar-refractivity contribution in [2.24, 2.45) is 0 Å². The number of rotatable bonds is 4. The number of thiazole rings is 1. The van der Waals surface area contributed by atoms with Crippen molar-refractivity contribution in [2.45, 2.75) is 20.0 Å². The van der Waals surface area contributed by atoms with Gasteiger partial charge in [0.25, 0.3) is 0 Å². The second kappa shape index (κ2) is 5.69. The van der Waals surface area contributed by atoms with Gasteiger partial charge in [0, 0.05) is 18.0 Å². The Morgan fingerprint density at radius 3 is 2.78 bits per heavy atom. The summed E-state index contributed by atoms with van der Waals surface area (Å²) in [5.41, 5.74) is 10.6. The third-order valence-electron chi connectivity index (χ3n) is 2.77. The van der Waals surface area contributed by atoms with Crippen molar-refractivity contribution in [3.05, 3.63) is 44.9 Å². The smallest absolute Gasteiger partial charge is 0.0798 e. The molecule has 0 amide bonds. The largest absolute Gasteiger partial charge is 0.398 e. The van der Waals surface area contributed by atoms with Gasteiger partial charge in [-0.3, -0.25) is 4.90 Å². The van der Waals surface area contributed by atoms with Gasteiger partial charge in [-0.2, -0.15) is 0 Å². The van der Waals surface area contributed by atoms with Crippen LogP contribution in [0.1, 0.15) is 16.1 Å². The summed E-state index contributed by atoms with van der Waals surface area (Å²) < 4.78 is 0. The quantitative estimate of drug-likeness (QED) is 0.874. The highest BCUT2D eigenvalue weighted by Crippen LogP contribution is 2.21. The summed E-state index contributed by atoms with van der Waals surface area (Å²) in [4.78, 5) is 7.80. The van der Waals surface area contributed by atoms with Crippen LogP contribution in [0.4, 0.5) is 5.69 Å². The Bertz CT molecular complexity index is 539.